The molecule has 0 aromatic heterocycles. The third-order valence-electron chi connectivity index (χ3n) is 7.45. The first kappa shape index (κ1) is 22.4. The number of hydrogen-bond donors (Lipinski definition) is 4. The van der Waals surface area contributed by atoms with Crippen LogP contribution in [0.5, 0.6) is 0 Å². The maximum Gasteiger partial charge on any atom is 0.407 e. The number of carboxylic acids is 1. The SMILES string of the molecule is O=C(CC(O)CNC(=O)OCC1c2ccccc2-c2ccccc21)N[C@@H]1C[C@H]2C[C@@]2(C(=O)O)C1. The number of alkyl carbamates (subject to hydrolysis) is 1. The zero-order valence-electron chi connectivity index (χ0n) is 18.7. The number of aliphatic hydroxyl groups excluding tert-OH is 1. The minimum atomic E-state index is -1.06. The molecule has 2 amide bonds. The van der Waals surface area contributed by atoms with Crippen LogP contribution in [0.25, 0.3) is 11.1 Å². The van der Waals surface area contributed by atoms with Gasteiger partial charge in [0.1, 0.15) is 6.61 Å². The van der Waals surface area contributed by atoms with Gasteiger partial charge in [0.2, 0.25) is 5.91 Å². The summed E-state index contributed by atoms with van der Waals surface area (Å²) in [7, 11) is 0. The van der Waals surface area contributed by atoms with Gasteiger partial charge in [-0.15, -0.1) is 0 Å². The Bertz CT molecular complexity index is 1090. The van der Waals surface area contributed by atoms with Crippen LogP contribution in [0.1, 0.15) is 42.7 Å². The van der Waals surface area contributed by atoms with Crippen molar-refractivity contribution in [2.75, 3.05) is 13.2 Å². The second-order valence-electron chi connectivity index (χ2n) is 9.63. The minimum Gasteiger partial charge on any atom is -0.481 e. The quantitative estimate of drug-likeness (QED) is 0.476. The van der Waals surface area contributed by atoms with Crippen LogP contribution in [0.15, 0.2) is 48.5 Å². The van der Waals surface area contributed by atoms with Crippen molar-refractivity contribution in [3.63, 3.8) is 0 Å². The molecule has 3 aliphatic rings. The lowest BCUT2D eigenvalue weighted by molar-refractivity contribution is -0.143. The van der Waals surface area contributed by atoms with Gasteiger partial charge in [-0.25, -0.2) is 4.79 Å². The van der Waals surface area contributed by atoms with Crippen LogP contribution in [0.4, 0.5) is 4.79 Å². The van der Waals surface area contributed by atoms with Gasteiger partial charge in [0.25, 0.3) is 0 Å². The lowest BCUT2D eigenvalue weighted by Crippen LogP contribution is -2.40. The van der Waals surface area contributed by atoms with Gasteiger partial charge in [-0.2, -0.15) is 0 Å². The molecule has 2 fully saturated rings. The second kappa shape index (κ2) is 8.76. The molecule has 2 saturated carbocycles. The van der Waals surface area contributed by atoms with Gasteiger partial charge in [-0.05, 0) is 47.4 Å². The van der Waals surface area contributed by atoms with Crippen molar-refractivity contribution in [3.8, 4) is 11.1 Å². The van der Waals surface area contributed by atoms with Crippen molar-refractivity contribution in [2.24, 2.45) is 11.3 Å². The molecule has 5 rings (SSSR count). The number of carboxylic acid groups (broad SMARTS) is 1. The Hall–Kier alpha value is -3.39. The molecule has 2 aromatic rings. The number of aliphatic hydroxyl groups is 1. The van der Waals surface area contributed by atoms with Gasteiger partial charge >= 0.3 is 12.1 Å². The molecule has 0 radical (unpaired) electrons. The van der Waals surface area contributed by atoms with E-state index in [9.17, 15) is 24.6 Å². The van der Waals surface area contributed by atoms with Crippen LogP contribution < -0.4 is 10.6 Å². The Kier molecular flexibility index (Phi) is 5.77. The highest BCUT2D eigenvalue weighted by molar-refractivity contribution is 5.81. The molecule has 0 heterocycles. The van der Waals surface area contributed by atoms with Crippen LogP contribution in [0, 0.1) is 11.3 Å². The summed E-state index contributed by atoms with van der Waals surface area (Å²) in [5.74, 6) is -1.06. The average Bonchev–Trinajstić information content (AvgIpc) is 3.25. The van der Waals surface area contributed by atoms with E-state index in [4.69, 9.17) is 4.74 Å². The number of benzene rings is 2. The van der Waals surface area contributed by atoms with Gasteiger partial charge in [-0.3, -0.25) is 9.59 Å². The highest BCUT2D eigenvalue weighted by Gasteiger charge is 2.65. The predicted molar refractivity (Wildman–Crippen MR) is 123 cm³/mol. The predicted octanol–water partition coefficient (Wildman–Crippen LogP) is 2.65. The summed E-state index contributed by atoms with van der Waals surface area (Å²) in [5, 5.41) is 24.8. The smallest absolute Gasteiger partial charge is 0.407 e. The molecule has 1 unspecified atom stereocenters. The number of hydrogen-bond acceptors (Lipinski definition) is 5. The molecule has 8 nitrogen and oxygen atoms in total. The summed E-state index contributed by atoms with van der Waals surface area (Å²) < 4.78 is 5.44. The van der Waals surface area contributed by atoms with E-state index in [2.05, 4.69) is 22.8 Å². The van der Waals surface area contributed by atoms with E-state index in [-0.39, 0.29) is 43.4 Å². The highest BCUT2D eigenvalue weighted by atomic mass is 16.5. The summed E-state index contributed by atoms with van der Waals surface area (Å²) in [6, 6.07) is 15.9. The van der Waals surface area contributed by atoms with Crippen LogP contribution in [0.3, 0.4) is 0 Å². The maximum absolute atomic E-state index is 12.2. The van der Waals surface area contributed by atoms with Crippen LogP contribution >= 0.6 is 0 Å². The number of rotatable bonds is 8. The first-order valence-corrected chi connectivity index (χ1v) is 11.7. The third kappa shape index (κ3) is 4.14. The van der Waals surface area contributed by atoms with E-state index in [1.807, 2.05) is 36.4 Å². The van der Waals surface area contributed by atoms with Crippen molar-refractivity contribution >= 4 is 18.0 Å². The number of amides is 2. The summed E-state index contributed by atoms with van der Waals surface area (Å²) in [4.78, 5) is 35.8. The first-order valence-electron chi connectivity index (χ1n) is 11.7. The van der Waals surface area contributed by atoms with Gasteiger partial charge < -0.3 is 25.6 Å². The summed E-state index contributed by atoms with van der Waals surface area (Å²) in [6.07, 6.45) is -0.115. The molecule has 4 atom stereocenters. The fraction of sp³-hybridized carbons (Fsp3) is 0.423. The van der Waals surface area contributed by atoms with Gasteiger partial charge in [-0.1, -0.05) is 48.5 Å². The molecule has 3 aliphatic carbocycles. The summed E-state index contributed by atoms with van der Waals surface area (Å²) >= 11 is 0. The normalized spacial score (nSPS) is 25.0. The van der Waals surface area contributed by atoms with Crippen LogP contribution in [0.2, 0.25) is 0 Å². The van der Waals surface area contributed by atoms with Crippen molar-refractivity contribution in [1.82, 2.24) is 10.6 Å². The third-order valence-corrected chi connectivity index (χ3v) is 7.45. The average molecular weight is 465 g/mol. The molecule has 0 bridgehead atoms. The number of aliphatic carboxylic acids is 1. The fourth-order valence-corrected chi connectivity index (χ4v) is 5.69. The molecule has 8 heteroatoms. The summed E-state index contributed by atoms with van der Waals surface area (Å²) in [5.41, 5.74) is 3.84. The Morgan fingerprint density at radius 2 is 1.68 bits per heavy atom. The molecule has 0 saturated heterocycles. The van der Waals surface area contributed by atoms with Crippen molar-refractivity contribution in [2.45, 2.75) is 43.7 Å². The standard InChI is InChI=1S/C26H28N2O6/c29-17(10-23(30)28-16-9-15-11-26(15,12-16)24(31)32)13-27-25(33)34-14-22-20-7-3-1-5-18(20)19-6-2-4-8-21(19)22/h1-8,15-17,22,29H,9-14H2,(H,27,33)(H,28,30)(H,31,32)/t15-,16+,17?,26+/m0/s1. The highest BCUT2D eigenvalue weighted by Crippen LogP contribution is 2.63. The van der Waals surface area contributed by atoms with Crippen molar-refractivity contribution < 1.29 is 29.3 Å². The van der Waals surface area contributed by atoms with Crippen molar-refractivity contribution in [3.05, 3.63) is 59.7 Å². The number of ether oxygens (including phenoxy) is 1. The van der Waals surface area contributed by atoms with Gasteiger partial charge in [0.15, 0.2) is 0 Å². The Morgan fingerprint density at radius 1 is 1.03 bits per heavy atom. The lowest BCUT2D eigenvalue weighted by Gasteiger charge is -2.18. The zero-order chi connectivity index (χ0) is 23.9. The fourth-order valence-electron chi connectivity index (χ4n) is 5.69. The molecule has 4 N–H and O–H groups in total. The largest absolute Gasteiger partial charge is 0.481 e. The zero-order valence-corrected chi connectivity index (χ0v) is 18.7. The molecule has 0 spiro atoms. The van der Waals surface area contributed by atoms with E-state index in [0.717, 1.165) is 22.3 Å². The lowest BCUT2D eigenvalue weighted by atomic mass is 9.98. The van der Waals surface area contributed by atoms with E-state index in [1.54, 1.807) is 0 Å². The molecular formula is C26H28N2O6. The topological polar surface area (TPSA) is 125 Å². The van der Waals surface area contributed by atoms with E-state index >= 15 is 0 Å². The van der Waals surface area contributed by atoms with Crippen molar-refractivity contribution in [1.29, 1.82) is 0 Å². The number of fused-ring (bicyclic) bond motifs is 4. The molecule has 2 aromatic carbocycles. The summed E-state index contributed by atoms with van der Waals surface area (Å²) in [6.45, 7) is 0.0566. The second-order valence-corrected chi connectivity index (χ2v) is 9.63. The van der Waals surface area contributed by atoms with Crippen LogP contribution in [-0.4, -0.2) is 53.5 Å². The Labute approximate surface area is 197 Å². The minimum absolute atomic E-state index is 0.0550. The number of carbonyl (C=O) groups excluding carboxylic acids is 2. The molecular weight excluding hydrogens is 436 g/mol. The van der Waals surface area contributed by atoms with Gasteiger partial charge in [0, 0.05) is 18.5 Å². The Balaban J connectivity index is 1.06. The number of carbonyl (C=O) groups is 3. The molecule has 0 aliphatic heterocycles. The van der Waals surface area contributed by atoms with E-state index in [1.165, 1.54) is 0 Å². The van der Waals surface area contributed by atoms with E-state index in [0.29, 0.717) is 19.3 Å². The monoisotopic (exact) mass is 464 g/mol. The molecule has 34 heavy (non-hydrogen) atoms. The molecule has 178 valence electrons. The Morgan fingerprint density at radius 3 is 2.29 bits per heavy atom. The number of nitrogens with one attached hydrogen (secondary N) is 2. The van der Waals surface area contributed by atoms with E-state index < -0.39 is 23.6 Å². The first-order chi connectivity index (χ1) is 16.4. The van der Waals surface area contributed by atoms with Gasteiger partial charge in [0.05, 0.1) is 17.9 Å². The van der Waals surface area contributed by atoms with Crippen LogP contribution in [-0.2, 0) is 14.3 Å². The maximum atomic E-state index is 12.2.